The Bertz CT molecular complexity index is 2190. The van der Waals surface area contributed by atoms with E-state index in [2.05, 4.69) is 28.0 Å². The summed E-state index contributed by atoms with van der Waals surface area (Å²) in [5.41, 5.74) is 0.250. The zero-order valence-electron chi connectivity index (χ0n) is 32.3. The summed E-state index contributed by atoms with van der Waals surface area (Å²) >= 11 is 1.48. The Labute approximate surface area is 342 Å². The van der Waals surface area contributed by atoms with Gasteiger partial charge in [-0.3, -0.25) is 19.1 Å². The summed E-state index contributed by atoms with van der Waals surface area (Å²) < 4.78 is 40.5. The van der Waals surface area contributed by atoms with Crippen LogP contribution in [0.1, 0.15) is 89.9 Å². The van der Waals surface area contributed by atoms with E-state index >= 15 is 4.79 Å². The molecule has 308 valence electrons. The number of rotatable bonds is 11. The topological polar surface area (TPSA) is 186 Å². The van der Waals surface area contributed by atoms with Gasteiger partial charge in [-0.1, -0.05) is 49.3 Å². The van der Waals surface area contributed by atoms with Gasteiger partial charge in [-0.05, 0) is 94.2 Å². The monoisotopic (exact) mass is 830 g/mol. The van der Waals surface area contributed by atoms with Gasteiger partial charge in [-0.15, -0.1) is 17.9 Å². The van der Waals surface area contributed by atoms with Crippen LogP contribution in [0.5, 0.6) is 5.88 Å². The molecule has 3 unspecified atom stereocenters. The molecule has 8 rings (SSSR count). The number of aromatic nitrogens is 2. The van der Waals surface area contributed by atoms with Crippen LogP contribution in [0.2, 0.25) is 0 Å². The second kappa shape index (κ2) is 16.8. The number of hydrogen-bond donors (Lipinski definition) is 3. The van der Waals surface area contributed by atoms with Crippen LogP contribution in [0.25, 0.3) is 21.6 Å². The number of allylic oxidation sites excluding steroid dienone is 1. The highest BCUT2D eigenvalue weighted by atomic mass is 32.2. The predicted octanol–water partition coefficient (Wildman–Crippen LogP) is 5.69. The lowest BCUT2D eigenvalue weighted by Crippen LogP contribution is -2.59. The quantitative estimate of drug-likeness (QED) is 0.203. The first-order valence-electron chi connectivity index (χ1n) is 20.5. The van der Waals surface area contributed by atoms with Gasteiger partial charge in [0.25, 0.3) is 5.91 Å². The van der Waals surface area contributed by atoms with Crippen molar-refractivity contribution in [2.75, 3.05) is 0 Å². The van der Waals surface area contributed by atoms with Crippen molar-refractivity contribution in [3.63, 3.8) is 0 Å². The molecule has 2 aliphatic heterocycles. The number of ether oxygens (including phenoxy) is 2. The number of hydrogen-bond acceptors (Lipinski definition) is 11. The van der Waals surface area contributed by atoms with Crippen molar-refractivity contribution in [2.45, 2.75) is 131 Å². The molecule has 3 aliphatic carbocycles. The van der Waals surface area contributed by atoms with Crippen molar-refractivity contribution in [3.05, 3.63) is 66.6 Å². The molecular formula is C42H50N6O8S2. The fourth-order valence-electron chi connectivity index (χ4n) is 8.56. The maximum Gasteiger partial charge on any atom is 0.408 e. The van der Waals surface area contributed by atoms with Gasteiger partial charge in [0.05, 0.1) is 27.2 Å². The Morgan fingerprint density at radius 3 is 2.41 bits per heavy atom. The second-order valence-corrected chi connectivity index (χ2v) is 19.0. The molecule has 4 fully saturated rings. The van der Waals surface area contributed by atoms with Gasteiger partial charge in [-0.2, -0.15) is 0 Å². The Morgan fingerprint density at radius 2 is 1.71 bits per heavy atom. The van der Waals surface area contributed by atoms with E-state index in [1.54, 1.807) is 0 Å². The highest BCUT2D eigenvalue weighted by Gasteiger charge is 2.62. The second-order valence-electron chi connectivity index (χ2n) is 16.1. The molecule has 6 atom stereocenters. The van der Waals surface area contributed by atoms with E-state index in [-0.39, 0.29) is 24.8 Å². The lowest BCUT2D eigenvalue weighted by Gasteiger charge is -2.34. The molecule has 5 aliphatic rings. The molecule has 0 radical (unpaired) electrons. The Kier molecular flexibility index (Phi) is 11.6. The average molecular weight is 831 g/mol. The summed E-state index contributed by atoms with van der Waals surface area (Å²) in [5.74, 6) is -2.22. The zero-order chi connectivity index (χ0) is 40.4. The summed E-state index contributed by atoms with van der Waals surface area (Å²) in [7, 11) is -3.92. The maximum absolute atomic E-state index is 15.1. The standard InChI is InChI=1S/C42H50N6O8S2/c1-2-26-25-42(26,40(51)47-58(53,54)28-21-22-28)46-37(49)33-24-34(56-38-36(35-20-13-23-57-35)43-29-16-11-12-17-30(29)44-38)32-19-8-6-4-3-5-7-18-31(39(50)48(32)33)45-41(52)55-27-14-9-10-15-27/h2,6,8,11-13,16-17,20,23,26-28,31-34H,1,3-5,7,9-10,14-15,18-19,21-22,24-25H2,(H,45,52)(H,46,49)(H,47,51)/b8-6-/t26-,31?,32?,33+,34-,42?/m1/s1. The number of nitrogens with one attached hydrogen (secondary N) is 3. The number of carbonyl (C=O) groups is 4. The van der Waals surface area contributed by atoms with Crippen LogP contribution in [0.4, 0.5) is 4.79 Å². The smallest absolute Gasteiger partial charge is 0.408 e. The minimum Gasteiger partial charge on any atom is -0.470 e. The molecular weight excluding hydrogens is 781 g/mol. The van der Waals surface area contributed by atoms with Crippen LogP contribution in [0, 0.1) is 5.92 Å². The van der Waals surface area contributed by atoms with Crippen molar-refractivity contribution < 1.29 is 37.1 Å². The highest BCUT2D eigenvalue weighted by Crippen LogP contribution is 2.46. The van der Waals surface area contributed by atoms with Crippen molar-refractivity contribution in [2.24, 2.45) is 5.92 Å². The van der Waals surface area contributed by atoms with Crippen LogP contribution in [0.3, 0.4) is 0 Å². The third kappa shape index (κ3) is 8.49. The van der Waals surface area contributed by atoms with E-state index < -0.39 is 74.8 Å². The first-order valence-corrected chi connectivity index (χ1v) is 22.9. The minimum atomic E-state index is -3.92. The molecule has 0 spiro atoms. The Hall–Kier alpha value is -4.83. The average Bonchev–Trinajstić information content (AvgIpc) is 3.99. The van der Waals surface area contributed by atoms with E-state index in [4.69, 9.17) is 19.4 Å². The number of amides is 4. The lowest BCUT2D eigenvalue weighted by atomic mass is 10.0. The first kappa shape index (κ1) is 40.0. The van der Waals surface area contributed by atoms with E-state index in [0.29, 0.717) is 48.8 Å². The molecule has 4 amide bonds. The molecule has 14 nitrogen and oxygen atoms in total. The first-order chi connectivity index (χ1) is 28.1. The van der Waals surface area contributed by atoms with Crippen molar-refractivity contribution in [1.29, 1.82) is 0 Å². The van der Waals surface area contributed by atoms with Gasteiger partial charge in [0.1, 0.15) is 35.5 Å². The Morgan fingerprint density at radius 1 is 0.948 bits per heavy atom. The summed E-state index contributed by atoms with van der Waals surface area (Å²) in [5, 5.41) is 7.04. The third-order valence-electron chi connectivity index (χ3n) is 12.0. The number of benzene rings is 1. The highest BCUT2D eigenvalue weighted by molar-refractivity contribution is 7.91. The van der Waals surface area contributed by atoms with Gasteiger partial charge in [-0.25, -0.2) is 23.2 Å². The molecule has 0 bridgehead atoms. The number of nitrogens with zero attached hydrogens (tertiary/aromatic N) is 3. The number of alkyl carbamates (subject to hydrolysis) is 1. The summed E-state index contributed by atoms with van der Waals surface area (Å²) in [6, 6.07) is 8.43. The largest absolute Gasteiger partial charge is 0.470 e. The SMILES string of the molecule is C=C[C@@H]1CC1(NC(=O)[C@@H]1C[C@@H](Oc2nc3ccccc3nc2-c2cccs2)C2C/C=C\CCCCCC(NC(=O)OC3CCCC3)C(=O)N21)C(=O)NS(=O)(=O)C1CC1. The number of carbonyl (C=O) groups excluding carboxylic acids is 4. The van der Waals surface area contributed by atoms with E-state index in [1.807, 2.05) is 47.9 Å². The number of fused-ring (bicyclic) bond motifs is 2. The van der Waals surface area contributed by atoms with Crippen molar-refractivity contribution >= 4 is 56.2 Å². The third-order valence-corrected chi connectivity index (χ3v) is 14.7. The van der Waals surface area contributed by atoms with Gasteiger partial charge in [0.2, 0.25) is 27.7 Å². The van der Waals surface area contributed by atoms with Gasteiger partial charge in [0, 0.05) is 12.3 Å². The predicted molar refractivity (Wildman–Crippen MR) is 218 cm³/mol. The Balaban J connectivity index is 1.15. The summed E-state index contributed by atoms with van der Waals surface area (Å²) in [6.07, 6.45) is 12.4. The number of para-hydroxylation sites is 2. The minimum absolute atomic E-state index is 0.0184. The molecule has 3 aromatic rings. The molecule has 2 aromatic heterocycles. The van der Waals surface area contributed by atoms with E-state index in [1.165, 1.54) is 22.3 Å². The van der Waals surface area contributed by atoms with Crippen LogP contribution in [0.15, 0.2) is 66.6 Å². The van der Waals surface area contributed by atoms with Crippen LogP contribution in [-0.4, -0.2) is 88.2 Å². The number of sulfonamides is 1. The number of thiophene rings is 1. The molecule has 3 saturated carbocycles. The fourth-order valence-corrected chi connectivity index (χ4v) is 10.6. The van der Waals surface area contributed by atoms with Crippen molar-refractivity contribution in [3.8, 4) is 16.5 Å². The molecule has 16 heteroatoms. The van der Waals surface area contributed by atoms with E-state index in [9.17, 15) is 22.8 Å². The summed E-state index contributed by atoms with van der Waals surface area (Å²) in [4.78, 5) is 69.0. The summed E-state index contributed by atoms with van der Waals surface area (Å²) in [6.45, 7) is 3.83. The lowest BCUT2D eigenvalue weighted by molar-refractivity contribution is -0.143. The molecule has 58 heavy (non-hydrogen) atoms. The molecule has 1 saturated heterocycles. The molecule has 4 heterocycles. The fraction of sp³-hybridized carbons (Fsp3) is 0.524. The van der Waals surface area contributed by atoms with Crippen LogP contribution >= 0.6 is 11.3 Å². The van der Waals surface area contributed by atoms with Crippen molar-refractivity contribution in [1.82, 2.24) is 30.2 Å². The van der Waals surface area contributed by atoms with Gasteiger partial charge < -0.3 is 25.0 Å². The molecule has 1 aromatic carbocycles. The van der Waals surface area contributed by atoms with E-state index in [0.717, 1.165) is 49.8 Å². The van der Waals surface area contributed by atoms with Crippen LogP contribution in [-0.2, 0) is 29.1 Å². The maximum atomic E-state index is 15.1. The normalized spacial score (nSPS) is 28.4. The van der Waals surface area contributed by atoms with Gasteiger partial charge in [0.15, 0.2) is 0 Å². The van der Waals surface area contributed by atoms with Gasteiger partial charge >= 0.3 is 6.09 Å². The zero-order valence-corrected chi connectivity index (χ0v) is 34.0. The molecule has 3 N–H and O–H groups in total. The van der Waals surface area contributed by atoms with Crippen LogP contribution < -0.4 is 20.1 Å².